The highest BCUT2D eigenvalue weighted by Crippen LogP contribution is 2.58. The molecule has 4 aromatic heterocycles. The summed E-state index contributed by atoms with van der Waals surface area (Å²) in [5, 5.41) is 2.60. The highest BCUT2D eigenvalue weighted by Gasteiger charge is 2.55. The van der Waals surface area contributed by atoms with Crippen molar-refractivity contribution in [1.82, 2.24) is 19.9 Å². The monoisotopic (exact) mass is 872 g/mol. The summed E-state index contributed by atoms with van der Waals surface area (Å²) in [7, 11) is 66.5. The second-order valence-electron chi connectivity index (χ2n) is 18.0. The SMILES string of the molecule is [B]c1c([B])c([B])c(-c2nc(C3(C)c4ccccc4C(c4nc(-c5c([B])c([B])c([B])c([B])c5[B])c5c(n4)oc4ccccc45)(c4ccccc4C)c4ccccc43)nc3oc4ccccc4c23)c([B])c1[B]. The van der Waals surface area contributed by atoms with Crippen LogP contribution in [0.2, 0.25) is 0 Å². The minimum atomic E-state index is -1.28. The molecule has 0 saturated heterocycles. The number of furan rings is 2. The van der Waals surface area contributed by atoms with Gasteiger partial charge in [0, 0.05) is 10.8 Å². The standard InChI is InChI=1S/C54H26B10N4O2/c1-23-13-3-6-16-26(23)54(52-66-48(36-39(57)43(61)46(64)44(62)40(36)58)34-25-15-5-12-22-32(25)70-50(34)68-52)29-19-9-7-17-27(29)53(2,28-18-8-10-20-30(28)54)51-65-47(35-37(55)41(59)45(63)42(60)38(35)56)33-24-14-4-11-21-31(24)69-49(33)67-51/h3-22H,1-2H3. The van der Waals surface area contributed by atoms with Crippen molar-refractivity contribution >= 4 is 177 Å². The lowest BCUT2D eigenvalue weighted by Gasteiger charge is -2.47. The first kappa shape index (κ1) is 44.2. The Morgan fingerprint density at radius 2 is 0.714 bits per heavy atom. The van der Waals surface area contributed by atoms with Crippen LogP contribution in [0, 0.1) is 6.92 Å². The van der Waals surface area contributed by atoms with Crippen molar-refractivity contribution < 1.29 is 8.83 Å². The molecule has 0 N–H and O–H groups in total. The maximum absolute atomic E-state index is 6.91. The molecule has 16 heteroatoms. The van der Waals surface area contributed by atoms with Crippen LogP contribution in [0.1, 0.15) is 52.0 Å². The number of aromatic nitrogens is 4. The molecule has 20 radical (unpaired) electrons. The van der Waals surface area contributed by atoms with Gasteiger partial charge in [0.15, 0.2) is 5.82 Å². The third-order valence-corrected chi connectivity index (χ3v) is 14.4. The van der Waals surface area contributed by atoms with E-state index in [1.807, 2.05) is 84.9 Å². The van der Waals surface area contributed by atoms with Crippen molar-refractivity contribution in [3.05, 3.63) is 166 Å². The summed E-state index contributed by atoms with van der Waals surface area (Å²) in [6.45, 7) is 4.16. The topological polar surface area (TPSA) is 77.8 Å². The van der Waals surface area contributed by atoms with E-state index >= 15 is 0 Å². The number of fused-ring (bicyclic) bond motifs is 8. The summed E-state index contributed by atoms with van der Waals surface area (Å²) in [5.74, 6) is 0.712. The zero-order valence-electron chi connectivity index (χ0n) is 37.9. The third kappa shape index (κ3) is 5.82. The van der Waals surface area contributed by atoms with Crippen LogP contribution >= 0.6 is 0 Å². The van der Waals surface area contributed by atoms with Crippen molar-refractivity contribution in [2.24, 2.45) is 0 Å². The lowest BCUT2D eigenvalue weighted by atomic mass is 9.54. The van der Waals surface area contributed by atoms with Gasteiger partial charge in [0.1, 0.15) is 101 Å². The van der Waals surface area contributed by atoms with Crippen molar-refractivity contribution in [1.29, 1.82) is 0 Å². The summed E-state index contributed by atoms with van der Waals surface area (Å²) in [5.41, 5.74) is 6.70. The summed E-state index contributed by atoms with van der Waals surface area (Å²) in [6.07, 6.45) is 0. The molecule has 11 aromatic rings. The number of benzene rings is 7. The van der Waals surface area contributed by atoms with E-state index in [1.54, 1.807) is 0 Å². The first-order valence-electron chi connectivity index (χ1n) is 22.4. The lowest BCUT2D eigenvalue weighted by Crippen LogP contribution is -2.55. The van der Waals surface area contributed by atoms with Crippen LogP contribution in [-0.2, 0) is 10.8 Å². The molecule has 0 saturated carbocycles. The molecule has 0 fully saturated rings. The molecular weight excluding hydrogens is 845 g/mol. The minimum absolute atomic E-state index is 0.0760. The number of hydrogen-bond acceptors (Lipinski definition) is 6. The van der Waals surface area contributed by atoms with Gasteiger partial charge < -0.3 is 8.83 Å². The molecule has 7 aromatic carbocycles. The van der Waals surface area contributed by atoms with Crippen LogP contribution in [-0.4, -0.2) is 98.4 Å². The van der Waals surface area contributed by atoms with E-state index < -0.39 is 10.8 Å². The maximum atomic E-state index is 6.91. The van der Waals surface area contributed by atoms with Crippen LogP contribution in [0.3, 0.4) is 0 Å². The lowest BCUT2D eigenvalue weighted by molar-refractivity contribution is 0.540. The van der Waals surface area contributed by atoms with Gasteiger partial charge in [-0.15, -0.1) is 32.8 Å². The van der Waals surface area contributed by atoms with Crippen LogP contribution in [0.15, 0.2) is 130 Å². The minimum Gasteiger partial charge on any atom is -0.438 e. The molecule has 0 spiro atoms. The van der Waals surface area contributed by atoms with E-state index in [-0.39, 0.29) is 60.3 Å². The van der Waals surface area contributed by atoms with Crippen LogP contribution in [0.25, 0.3) is 66.7 Å². The largest absolute Gasteiger partial charge is 0.438 e. The molecule has 0 bridgehead atoms. The van der Waals surface area contributed by atoms with Crippen molar-refractivity contribution in [3.63, 3.8) is 0 Å². The zero-order valence-corrected chi connectivity index (χ0v) is 37.9. The van der Waals surface area contributed by atoms with E-state index in [0.717, 1.165) is 44.2 Å². The number of nitrogens with zero attached hydrogens (tertiary/aromatic N) is 4. The van der Waals surface area contributed by atoms with Crippen LogP contribution in [0.4, 0.5) is 0 Å². The normalized spacial score (nSPS) is 16.5. The fourth-order valence-corrected chi connectivity index (χ4v) is 10.9. The second-order valence-corrected chi connectivity index (χ2v) is 18.0. The molecular formula is C54H26B10N4O2. The first-order chi connectivity index (χ1) is 33.7. The molecule has 70 heavy (non-hydrogen) atoms. The summed E-state index contributed by atoms with van der Waals surface area (Å²) in [6, 6.07) is 39.6. The van der Waals surface area contributed by atoms with Crippen molar-refractivity contribution in [2.75, 3.05) is 0 Å². The van der Waals surface area contributed by atoms with E-state index in [4.69, 9.17) is 107 Å². The van der Waals surface area contributed by atoms with Gasteiger partial charge >= 0.3 is 0 Å². The Hall–Kier alpha value is -7.05. The molecule has 0 atom stereocenters. The van der Waals surface area contributed by atoms with Crippen LogP contribution in [0.5, 0.6) is 0 Å². The summed E-state index contributed by atoms with van der Waals surface area (Å²) in [4.78, 5) is 21.9. The Kier molecular flexibility index (Phi) is 9.93. The molecule has 0 unspecified atom stereocenters. The molecule has 12 rings (SSSR count). The van der Waals surface area contributed by atoms with Crippen LogP contribution < -0.4 is 54.6 Å². The van der Waals surface area contributed by atoms with Gasteiger partial charge in [-0.1, -0.05) is 131 Å². The average molecular weight is 871 g/mol. The van der Waals surface area contributed by atoms with Gasteiger partial charge in [0.25, 0.3) is 0 Å². The molecule has 1 aliphatic carbocycles. The Balaban J connectivity index is 1.24. The molecule has 6 nitrogen and oxygen atoms in total. The Bertz CT molecular complexity index is 3990. The first-order valence-corrected chi connectivity index (χ1v) is 22.4. The maximum Gasteiger partial charge on any atom is 0.231 e. The molecule has 1 aliphatic rings. The van der Waals surface area contributed by atoms with Gasteiger partial charge in [-0.2, -0.15) is 9.97 Å². The van der Waals surface area contributed by atoms with E-state index in [9.17, 15) is 0 Å². The highest BCUT2D eigenvalue weighted by atomic mass is 16.3. The average Bonchev–Trinajstić information content (AvgIpc) is 3.96. The van der Waals surface area contributed by atoms with Crippen molar-refractivity contribution in [2.45, 2.75) is 24.7 Å². The van der Waals surface area contributed by atoms with E-state index in [0.29, 0.717) is 61.8 Å². The predicted molar refractivity (Wildman–Crippen MR) is 292 cm³/mol. The molecule has 0 aliphatic heterocycles. The Labute approximate surface area is 417 Å². The van der Waals surface area contributed by atoms with E-state index in [2.05, 4.69) is 50.2 Å². The molecule has 4 heterocycles. The van der Waals surface area contributed by atoms with Gasteiger partial charge in [-0.25, -0.2) is 9.97 Å². The number of rotatable bonds is 5. The second kappa shape index (κ2) is 15.7. The van der Waals surface area contributed by atoms with Gasteiger partial charge in [-0.3, -0.25) is 0 Å². The summed E-state index contributed by atoms with van der Waals surface area (Å²) >= 11 is 0. The highest BCUT2D eigenvalue weighted by molar-refractivity contribution is 6.70. The molecule has 304 valence electrons. The number of hydrogen-bond donors (Lipinski definition) is 0. The predicted octanol–water partition coefficient (Wildman–Crippen LogP) is 0.696. The third-order valence-electron chi connectivity index (χ3n) is 14.4. The zero-order chi connectivity index (χ0) is 48.7. The number of aryl methyl sites for hydroxylation is 1. The molecule has 0 amide bonds. The smallest absolute Gasteiger partial charge is 0.231 e. The quantitative estimate of drug-likeness (QED) is 0.238. The van der Waals surface area contributed by atoms with Gasteiger partial charge in [-0.05, 0) is 70.5 Å². The fourth-order valence-electron chi connectivity index (χ4n) is 10.9. The van der Waals surface area contributed by atoms with Crippen molar-refractivity contribution in [3.8, 4) is 22.5 Å². The Morgan fingerprint density at radius 1 is 0.371 bits per heavy atom. The number of para-hydroxylation sites is 2. The van der Waals surface area contributed by atoms with Gasteiger partial charge in [0.05, 0.1) is 27.6 Å². The van der Waals surface area contributed by atoms with E-state index in [1.165, 1.54) is 0 Å². The Morgan fingerprint density at radius 3 is 1.16 bits per heavy atom. The van der Waals surface area contributed by atoms with Gasteiger partial charge in [0.2, 0.25) is 11.4 Å². The summed E-state index contributed by atoms with van der Waals surface area (Å²) < 4.78 is 13.3. The fraction of sp³-hybridized carbons (Fsp3) is 0.0741.